The van der Waals surface area contributed by atoms with E-state index in [1.54, 1.807) is 0 Å². The average Bonchev–Trinajstić information content (AvgIpc) is 3.30. The second-order valence-corrected chi connectivity index (χ2v) is 10.2. The van der Waals surface area contributed by atoms with Crippen molar-refractivity contribution in [2.75, 3.05) is 0 Å². The molecule has 8 aromatic rings. The van der Waals surface area contributed by atoms with Gasteiger partial charge >= 0.3 is 0 Å². The molecule has 8 rings (SSSR count). The van der Waals surface area contributed by atoms with E-state index in [0.717, 1.165) is 26.6 Å². The Labute approximate surface area is 215 Å². The predicted molar refractivity (Wildman–Crippen MR) is 157 cm³/mol. The van der Waals surface area contributed by atoms with Crippen LogP contribution in [0.5, 0.6) is 0 Å². The molecule has 0 atom stereocenters. The van der Waals surface area contributed by atoms with Gasteiger partial charge in [-0.25, -0.2) is 0 Å². The molecule has 1 aromatic heterocycles. The topological polar surface area (TPSA) is 13.1 Å². The van der Waals surface area contributed by atoms with Crippen molar-refractivity contribution in [3.8, 4) is 11.1 Å². The summed E-state index contributed by atoms with van der Waals surface area (Å²) in [5.41, 5.74) is 4.20. The zero-order valence-electron chi connectivity index (χ0n) is 19.3. The van der Waals surface area contributed by atoms with E-state index in [4.69, 9.17) is 4.42 Å². The Hall–Kier alpha value is -4.14. The number of rotatable bonds is 1. The van der Waals surface area contributed by atoms with Gasteiger partial charge in [0.05, 0.1) is 0 Å². The summed E-state index contributed by atoms with van der Waals surface area (Å²) in [6, 6.07) is 41.2. The SMILES string of the molecule is Brc1c2ccccc2c(-c2cc3ccccc3c3c2oc2cc4ccccc4cc23)c2ccccc12. The predicted octanol–water partition coefficient (Wildman–Crippen LogP) is 10.6. The van der Waals surface area contributed by atoms with Crippen LogP contribution in [0.15, 0.2) is 124 Å². The summed E-state index contributed by atoms with van der Waals surface area (Å²) >= 11 is 3.91. The van der Waals surface area contributed by atoms with Crippen LogP contribution in [0.3, 0.4) is 0 Å². The third-order valence-electron chi connectivity index (χ3n) is 7.47. The zero-order valence-corrected chi connectivity index (χ0v) is 20.8. The Bertz CT molecular complexity index is 2110. The highest BCUT2D eigenvalue weighted by atomic mass is 79.9. The van der Waals surface area contributed by atoms with Crippen molar-refractivity contribution in [1.82, 2.24) is 0 Å². The average molecular weight is 523 g/mol. The molecule has 0 radical (unpaired) electrons. The molecular formula is C34H19BrO. The minimum Gasteiger partial charge on any atom is -0.455 e. The van der Waals surface area contributed by atoms with E-state index in [1.807, 2.05) is 0 Å². The Morgan fingerprint density at radius 3 is 1.67 bits per heavy atom. The third kappa shape index (κ3) is 2.71. The van der Waals surface area contributed by atoms with E-state index < -0.39 is 0 Å². The minimum absolute atomic E-state index is 0.923. The van der Waals surface area contributed by atoms with Crippen LogP contribution in [-0.2, 0) is 0 Å². The summed E-state index contributed by atoms with van der Waals surface area (Å²) in [6.45, 7) is 0. The molecule has 0 spiro atoms. The summed E-state index contributed by atoms with van der Waals surface area (Å²) in [6.07, 6.45) is 0. The van der Waals surface area contributed by atoms with Gasteiger partial charge in [0.2, 0.25) is 0 Å². The number of halogens is 1. The molecule has 0 saturated carbocycles. The van der Waals surface area contributed by atoms with Crippen molar-refractivity contribution in [2.24, 2.45) is 0 Å². The van der Waals surface area contributed by atoms with Crippen LogP contribution in [0.2, 0.25) is 0 Å². The number of hydrogen-bond donors (Lipinski definition) is 0. The molecule has 0 aliphatic carbocycles. The Morgan fingerprint density at radius 1 is 0.472 bits per heavy atom. The van der Waals surface area contributed by atoms with Crippen molar-refractivity contribution in [2.45, 2.75) is 0 Å². The molecule has 0 unspecified atom stereocenters. The molecule has 0 amide bonds. The molecule has 1 nitrogen and oxygen atoms in total. The fraction of sp³-hybridized carbons (Fsp3) is 0. The lowest BCUT2D eigenvalue weighted by atomic mass is 9.89. The number of benzene rings is 7. The van der Waals surface area contributed by atoms with Gasteiger partial charge in [-0.05, 0) is 77.2 Å². The monoisotopic (exact) mass is 522 g/mol. The van der Waals surface area contributed by atoms with Gasteiger partial charge in [0, 0.05) is 26.4 Å². The first-order valence-corrected chi connectivity index (χ1v) is 12.9. The van der Waals surface area contributed by atoms with Crippen LogP contribution in [0.1, 0.15) is 0 Å². The second kappa shape index (κ2) is 7.43. The highest BCUT2D eigenvalue weighted by molar-refractivity contribution is 9.10. The van der Waals surface area contributed by atoms with E-state index >= 15 is 0 Å². The van der Waals surface area contributed by atoms with Crippen LogP contribution in [0.4, 0.5) is 0 Å². The van der Waals surface area contributed by atoms with Crippen molar-refractivity contribution >= 4 is 81.0 Å². The van der Waals surface area contributed by atoms with E-state index in [9.17, 15) is 0 Å². The van der Waals surface area contributed by atoms with Gasteiger partial charge in [-0.3, -0.25) is 0 Å². The van der Waals surface area contributed by atoms with Gasteiger partial charge in [0.1, 0.15) is 11.2 Å². The quantitative estimate of drug-likeness (QED) is 0.195. The number of furan rings is 1. The third-order valence-corrected chi connectivity index (χ3v) is 8.32. The van der Waals surface area contributed by atoms with Crippen molar-refractivity contribution in [3.05, 3.63) is 120 Å². The van der Waals surface area contributed by atoms with Crippen molar-refractivity contribution < 1.29 is 4.42 Å². The highest BCUT2D eigenvalue weighted by Crippen LogP contribution is 2.47. The molecule has 1 heterocycles. The lowest BCUT2D eigenvalue weighted by Crippen LogP contribution is -1.89. The van der Waals surface area contributed by atoms with Gasteiger partial charge in [0.25, 0.3) is 0 Å². The first kappa shape index (κ1) is 20.1. The fourth-order valence-electron chi connectivity index (χ4n) is 5.86. The van der Waals surface area contributed by atoms with Gasteiger partial charge in [-0.2, -0.15) is 0 Å². The molecule has 168 valence electrons. The molecule has 36 heavy (non-hydrogen) atoms. The minimum atomic E-state index is 0.923. The van der Waals surface area contributed by atoms with E-state index in [-0.39, 0.29) is 0 Å². The summed E-state index contributed by atoms with van der Waals surface area (Å²) in [7, 11) is 0. The van der Waals surface area contributed by atoms with Crippen molar-refractivity contribution in [1.29, 1.82) is 0 Å². The van der Waals surface area contributed by atoms with Gasteiger partial charge in [-0.15, -0.1) is 0 Å². The van der Waals surface area contributed by atoms with Gasteiger partial charge in [0.15, 0.2) is 0 Å². The lowest BCUT2D eigenvalue weighted by Gasteiger charge is -2.15. The number of fused-ring (bicyclic) bond motifs is 8. The van der Waals surface area contributed by atoms with Crippen LogP contribution in [0, 0.1) is 0 Å². The molecule has 0 N–H and O–H groups in total. The second-order valence-electron chi connectivity index (χ2n) is 9.43. The summed E-state index contributed by atoms with van der Waals surface area (Å²) < 4.78 is 7.90. The van der Waals surface area contributed by atoms with Gasteiger partial charge < -0.3 is 4.42 Å². The summed E-state index contributed by atoms with van der Waals surface area (Å²) in [4.78, 5) is 0. The Morgan fingerprint density at radius 2 is 1.00 bits per heavy atom. The highest BCUT2D eigenvalue weighted by Gasteiger charge is 2.21. The molecule has 0 aliphatic rings. The first-order chi connectivity index (χ1) is 17.8. The molecule has 0 saturated heterocycles. The van der Waals surface area contributed by atoms with E-state index in [1.165, 1.54) is 54.0 Å². The van der Waals surface area contributed by atoms with E-state index in [0.29, 0.717) is 0 Å². The normalized spacial score (nSPS) is 12.0. The maximum atomic E-state index is 6.77. The van der Waals surface area contributed by atoms with Crippen LogP contribution >= 0.6 is 15.9 Å². The molecule has 0 bridgehead atoms. The van der Waals surface area contributed by atoms with Crippen LogP contribution < -0.4 is 0 Å². The summed E-state index contributed by atoms with van der Waals surface area (Å²) in [5.74, 6) is 0. The summed E-state index contributed by atoms with van der Waals surface area (Å²) in [5, 5.41) is 12.0. The fourth-order valence-corrected chi connectivity index (χ4v) is 6.55. The van der Waals surface area contributed by atoms with Gasteiger partial charge in [-0.1, -0.05) is 97.1 Å². The molecule has 0 fully saturated rings. The molecule has 2 heteroatoms. The largest absolute Gasteiger partial charge is 0.455 e. The molecular weight excluding hydrogens is 504 g/mol. The maximum absolute atomic E-state index is 6.77. The molecule has 0 aliphatic heterocycles. The lowest BCUT2D eigenvalue weighted by molar-refractivity contribution is 0.671. The smallest absolute Gasteiger partial charge is 0.143 e. The Kier molecular flexibility index (Phi) is 4.15. The van der Waals surface area contributed by atoms with Crippen molar-refractivity contribution in [3.63, 3.8) is 0 Å². The zero-order chi connectivity index (χ0) is 23.8. The number of hydrogen-bond acceptors (Lipinski definition) is 1. The molecule has 7 aromatic carbocycles. The first-order valence-electron chi connectivity index (χ1n) is 12.1. The van der Waals surface area contributed by atoms with Crippen LogP contribution in [-0.4, -0.2) is 0 Å². The van der Waals surface area contributed by atoms with E-state index in [2.05, 4.69) is 131 Å². The van der Waals surface area contributed by atoms with Crippen LogP contribution in [0.25, 0.3) is 76.2 Å². The maximum Gasteiger partial charge on any atom is 0.143 e. The Balaban J connectivity index is 1.64. The standard InChI is InChI=1S/C34H19BrO/c35-33-26-15-7-5-13-24(26)31(25-14-6-8-16-27(25)33)29-18-22-11-3-4-12-23(22)32-28-17-20-9-1-2-10-21(20)19-30(28)36-34(29)32/h1-19H.